The molecule has 0 aliphatic heterocycles. The number of hydrogen-bond acceptors (Lipinski definition) is 7. The number of benzene rings is 3. The minimum atomic E-state index is -1.87. The number of hydrogen-bond donors (Lipinski definition) is 1. The van der Waals surface area contributed by atoms with Crippen molar-refractivity contribution < 1.29 is 28.2 Å². The van der Waals surface area contributed by atoms with Crippen LogP contribution in [-0.2, 0) is 31.9 Å². The largest absolute Gasteiger partial charge is 0.497 e. The lowest BCUT2D eigenvalue weighted by atomic mass is 9.99. The van der Waals surface area contributed by atoms with Crippen molar-refractivity contribution in [3.63, 3.8) is 0 Å². The Labute approximate surface area is 265 Å². The van der Waals surface area contributed by atoms with Crippen LogP contribution in [0.25, 0.3) is 0 Å². The van der Waals surface area contributed by atoms with Gasteiger partial charge >= 0.3 is 0 Å². The van der Waals surface area contributed by atoms with Crippen molar-refractivity contribution in [2.24, 2.45) is 0 Å². The van der Waals surface area contributed by atoms with Crippen LogP contribution in [-0.4, -0.2) is 53.7 Å². The van der Waals surface area contributed by atoms with Crippen LogP contribution in [0.15, 0.2) is 78.9 Å². The summed E-state index contributed by atoms with van der Waals surface area (Å²) in [5.41, 5.74) is 2.88. The Morgan fingerprint density at radius 2 is 1.50 bits per heavy atom. The summed E-state index contributed by atoms with van der Waals surface area (Å²) in [6, 6.07) is 25.2. The van der Waals surface area contributed by atoms with Crippen molar-refractivity contribution in [1.29, 1.82) is 0 Å². The predicted molar refractivity (Wildman–Crippen MR) is 180 cm³/mol. The molecule has 0 fully saturated rings. The summed E-state index contributed by atoms with van der Waals surface area (Å²) in [6.07, 6.45) is 1.53. The molecule has 0 spiro atoms. The first-order chi connectivity index (χ1) is 21.0. The minimum Gasteiger partial charge on any atom is -0.497 e. The Balaban J connectivity index is 1.74. The first-order valence-electron chi connectivity index (χ1n) is 15.4. The second-order valence-corrected chi connectivity index (χ2v) is 17.4. The molecule has 1 N–H and O–H groups in total. The van der Waals surface area contributed by atoms with E-state index in [-0.39, 0.29) is 36.0 Å². The number of ketones is 1. The zero-order chi connectivity index (χ0) is 32.0. The van der Waals surface area contributed by atoms with E-state index < -0.39 is 8.32 Å². The Morgan fingerprint density at radius 3 is 2.16 bits per heavy atom. The van der Waals surface area contributed by atoms with Crippen molar-refractivity contribution in [1.82, 2.24) is 0 Å². The van der Waals surface area contributed by atoms with Gasteiger partial charge in [0.25, 0.3) is 0 Å². The average molecular weight is 622 g/mol. The predicted octanol–water partition coefficient (Wildman–Crippen LogP) is 8.05. The maximum atomic E-state index is 13.3. The fourth-order valence-corrected chi connectivity index (χ4v) is 5.64. The quantitative estimate of drug-likeness (QED) is 0.107. The zero-order valence-electron chi connectivity index (χ0n) is 27.6. The van der Waals surface area contributed by atoms with E-state index in [0.29, 0.717) is 25.6 Å². The monoisotopic (exact) mass is 621 g/mol. The Hall–Kier alpha value is -3.17. The van der Waals surface area contributed by atoms with E-state index in [1.54, 1.807) is 14.2 Å². The molecule has 44 heavy (non-hydrogen) atoms. The van der Waals surface area contributed by atoms with Crippen molar-refractivity contribution in [3.8, 4) is 11.5 Å². The van der Waals surface area contributed by atoms with E-state index in [4.69, 9.17) is 23.4 Å². The highest BCUT2D eigenvalue weighted by molar-refractivity contribution is 6.74. The molecule has 3 rings (SSSR count). The fraction of sp³-hybridized carbons (Fsp3) is 0.472. The van der Waals surface area contributed by atoms with Crippen LogP contribution >= 0.6 is 0 Å². The Bertz CT molecular complexity index is 1260. The fourth-order valence-electron chi connectivity index (χ4n) is 4.55. The van der Waals surface area contributed by atoms with Gasteiger partial charge in [-0.2, -0.15) is 0 Å². The molecule has 0 aliphatic rings. The highest BCUT2D eigenvalue weighted by Gasteiger charge is 2.37. The summed E-state index contributed by atoms with van der Waals surface area (Å²) in [7, 11) is 1.41. The van der Waals surface area contributed by atoms with Crippen LogP contribution in [0.2, 0.25) is 18.1 Å². The third-order valence-corrected chi connectivity index (χ3v) is 12.8. The number of carbonyl (C=O) groups excluding carboxylic acids is 1. The van der Waals surface area contributed by atoms with E-state index in [0.717, 1.165) is 35.4 Å². The van der Waals surface area contributed by atoms with Gasteiger partial charge in [-0.25, -0.2) is 0 Å². The molecule has 3 aromatic carbocycles. The lowest BCUT2D eigenvalue weighted by Gasteiger charge is -2.36. The first kappa shape index (κ1) is 35.3. The maximum absolute atomic E-state index is 13.3. The summed E-state index contributed by atoms with van der Waals surface area (Å²) in [6.45, 7) is 12.7. The molecular formula is C36H51NO6Si. The van der Waals surface area contributed by atoms with Crippen LogP contribution in [0.1, 0.15) is 51.2 Å². The highest BCUT2D eigenvalue weighted by atomic mass is 28.4. The standard InChI is InChI=1S/C36H51NO6Si/c1-36(2,3)44(6,7)43-23-13-18-35(42-26-28-14-9-8-10-15-28)33(37-32-16-11-12-17-34(32)40-5)24-30(38)27-41-25-29-19-21-31(39-4)22-20-29/h8-12,14-17,19-22,33,35,37H,13,18,23-27H2,1-7H3/t33-,35+/m0/s1. The average Bonchev–Trinajstić information content (AvgIpc) is 3.01. The van der Waals surface area contributed by atoms with Crippen LogP contribution in [0.3, 0.4) is 0 Å². The molecule has 240 valence electrons. The van der Waals surface area contributed by atoms with Crippen LogP contribution in [0, 0.1) is 0 Å². The number of Topliss-reactive ketones (excluding diaryl/α,β-unsaturated/α-hetero) is 1. The second-order valence-electron chi connectivity index (χ2n) is 12.6. The van der Waals surface area contributed by atoms with Crippen LogP contribution in [0.5, 0.6) is 11.5 Å². The topological polar surface area (TPSA) is 75.3 Å². The van der Waals surface area contributed by atoms with Gasteiger partial charge in [-0.05, 0) is 66.4 Å². The van der Waals surface area contributed by atoms with Gasteiger partial charge in [0.2, 0.25) is 0 Å². The normalized spacial score (nSPS) is 13.2. The number of methoxy groups -OCH3 is 2. The summed E-state index contributed by atoms with van der Waals surface area (Å²) in [5.74, 6) is 1.49. The first-order valence-corrected chi connectivity index (χ1v) is 18.3. The molecule has 0 saturated carbocycles. The molecule has 0 bridgehead atoms. The number of rotatable bonds is 19. The number of nitrogens with one attached hydrogen (secondary N) is 1. The van der Waals surface area contributed by atoms with E-state index in [9.17, 15) is 4.79 Å². The summed E-state index contributed by atoms with van der Waals surface area (Å²) in [5, 5.41) is 3.74. The van der Waals surface area contributed by atoms with Crippen LogP contribution < -0.4 is 14.8 Å². The minimum absolute atomic E-state index is 0.00301. The molecule has 0 aromatic heterocycles. The van der Waals surface area contributed by atoms with Crippen LogP contribution in [0.4, 0.5) is 5.69 Å². The molecule has 0 unspecified atom stereocenters. The molecule has 2 atom stereocenters. The van der Waals surface area contributed by atoms with Crippen molar-refractivity contribution >= 4 is 19.8 Å². The smallest absolute Gasteiger partial charge is 0.191 e. The van der Waals surface area contributed by atoms with Gasteiger partial charge in [0.15, 0.2) is 14.1 Å². The molecule has 0 amide bonds. The lowest BCUT2D eigenvalue weighted by Crippen LogP contribution is -2.41. The third kappa shape index (κ3) is 11.4. The molecule has 3 aromatic rings. The molecule has 7 nitrogen and oxygen atoms in total. The number of ether oxygens (including phenoxy) is 4. The number of anilines is 1. The molecule has 0 aliphatic carbocycles. The Kier molecular flexibility index (Phi) is 13.9. The maximum Gasteiger partial charge on any atom is 0.191 e. The molecule has 0 heterocycles. The van der Waals surface area contributed by atoms with Crippen molar-refractivity contribution in [2.75, 3.05) is 32.8 Å². The van der Waals surface area contributed by atoms with E-state index in [1.807, 2.05) is 66.7 Å². The van der Waals surface area contributed by atoms with Gasteiger partial charge in [-0.15, -0.1) is 0 Å². The van der Waals surface area contributed by atoms with Gasteiger partial charge in [0, 0.05) is 13.0 Å². The lowest BCUT2D eigenvalue weighted by molar-refractivity contribution is -0.125. The molecular weight excluding hydrogens is 570 g/mol. The Morgan fingerprint density at radius 1 is 0.841 bits per heavy atom. The number of carbonyl (C=O) groups is 1. The van der Waals surface area contributed by atoms with E-state index >= 15 is 0 Å². The van der Waals surface area contributed by atoms with E-state index in [1.165, 1.54) is 0 Å². The summed E-state index contributed by atoms with van der Waals surface area (Å²) in [4.78, 5) is 13.3. The van der Waals surface area contributed by atoms with E-state index in [2.05, 4.69) is 51.3 Å². The van der Waals surface area contributed by atoms with Gasteiger partial charge in [-0.3, -0.25) is 4.79 Å². The molecule has 8 heteroatoms. The highest BCUT2D eigenvalue weighted by Crippen LogP contribution is 2.36. The van der Waals surface area contributed by atoms with Gasteiger partial charge in [-0.1, -0.05) is 75.4 Å². The number of para-hydroxylation sites is 2. The third-order valence-electron chi connectivity index (χ3n) is 8.24. The van der Waals surface area contributed by atoms with Gasteiger partial charge < -0.3 is 28.7 Å². The zero-order valence-corrected chi connectivity index (χ0v) is 28.6. The summed E-state index contributed by atoms with van der Waals surface area (Å²) >= 11 is 0. The van der Waals surface area contributed by atoms with Crippen molar-refractivity contribution in [3.05, 3.63) is 90.0 Å². The van der Waals surface area contributed by atoms with Gasteiger partial charge in [0.1, 0.15) is 18.1 Å². The molecule has 0 radical (unpaired) electrons. The summed E-state index contributed by atoms with van der Waals surface area (Å²) < 4.78 is 29.7. The second kappa shape index (κ2) is 17.3. The van der Waals surface area contributed by atoms with Crippen molar-refractivity contribution in [2.45, 2.75) is 83.5 Å². The van der Waals surface area contributed by atoms with Gasteiger partial charge in [0.05, 0.1) is 45.3 Å². The molecule has 0 saturated heterocycles. The SMILES string of the molecule is COc1ccc(COCC(=O)C[C@H](Nc2ccccc2OC)[C@@H](CCCO[Si](C)(C)C(C)(C)C)OCc2ccccc2)cc1.